The Balaban J connectivity index is 2.83. The van der Waals surface area contributed by atoms with Crippen molar-refractivity contribution in [2.75, 3.05) is 0 Å². The second-order valence-corrected chi connectivity index (χ2v) is 3.01. The molecule has 0 unspecified atom stereocenters. The van der Waals surface area contributed by atoms with E-state index in [1.54, 1.807) is 18.2 Å². The number of hydrogen-bond donors (Lipinski definition) is 1. The first kappa shape index (κ1) is 10.0. The summed E-state index contributed by atoms with van der Waals surface area (Å²) >= 11 is 11.5. The molecule has 0 aliphatic carbocycles. The first-order valence-corrected chi connectivity index (χ1v) is 4.17. The molecule has 68 valence electrons. The highest BCUT2D eigenvalue weighted by Crippen LogP contribution is 2.19. The van der Waals surface area contributed by atoms with Gasteiger partial charge in [-0.1, -0.05) is 29.3 Å². The van der Waals surface area contributed by atoms with E-state index in [9.17, 15) is 4.79 Å². The van der Waals surface area contributed by atoms with Crippen LogP contribution in [0.4, 0.5) is 0 Å². The maximum Gasteiger partial charge on any atom is 0.227 e. The Bertz CT molecular complexity index is 339. The van der Waals surface area contributed by atoms with Gasteiger partial charge >= 0.3 is 0 Å². The number of hydrogen-bond acceptors (Lipinski definition) is 2. The normalized spacial score (nSPS) is 10.3. The van der Waals surface area contributed by atoms with Crippen molar-refractivity contribution in [2.45, 2.75) is 0 Å². The lowest BCUT2D eigenvalue weighted by Gasteiger charge is -1.96. The van der Waals surface area contributed by atoms with Gasteiger partial charge in [-0.2, -0.15) is 5.10 Å². The van der Waals surface area contributed by atoms with Crippen LogP contribution in [0, 0.1) is 0 Å². The average molecular weight is 217 g/mol. The Labute approximate surface area is 85.3 Å². The highest BCUT2D eigenvalue weighted by Gasteiger charge is 1.97. The molecule has 0 heterocycles. The van der Waals surface area contributed by atoms with E-state index in [0.29, 0.717) is 22.0 Å². The number of halogens is 2. The topological polar surface area (TPSA) is 41.5 Å². The molecule has 0 aliphatic rings. The molecule has 1 N–H and O–H groups in total. The molecule has 0 aliphatic heterocycles. The first-order chi connectivity index (χ1) is 6.24. The number of carbonyl (C=O) groups excluding carboxylic acids is 1. The van der Waals surface area contributed by atoms with E-state index in [2.05, 4.69) is 10.5 Å². The number of benzene rings is 1. The Hall–Kier alpha value is -1.06. The summed E-state index contributed by atoms with van der Waals surface area (Å²) in [5.74, 6) is 0. The summed E-state index contributed by atoms with van der Waals surface area (Å²) in [6.45, 7) is 0. The molecule has 5 heteroatoms. The summed E-state index contributed by atoms with van der Waals surface area (Å²) < 4.78 is 0. The van der Waals surface area contributed by atoms with Gasteiger partial charge in [-0.05, 0) is 12.1 Å². The van der Waals surface area contributed by atoms with Gasteiger partial charge in [-0.25, -0.2) is 5.43 Å². The predicted octanol–water partition coefficient (Wildman–Crippen LogP) is 2.07. The minimum atomic E-state index is 0.473. The molecule has 13 heavy (non-hydrogen) atoms. The smallest absolute Gasteiger partial charge is 0.227 e. The molecule has 0 saturated heterocycles. The van der Waals surface area contributed by atoms with Crippen molar-refractivity contribution < 1.29 is 4.79 Å². The van der Waals surface area contributed by atoms with Crippen molar-refractivity contribution in [3.05, 3.63) is 33.8 Å². The first-order valence-electron chi connectivity index (χ1n) is 3.41. The third kappa shape index (κ3) is 3.05. The molecular formula is C8H6Cl2N2O. The van der Waals surface area contributed by atoms with Crippen LogP contribution in [-0.2, 0) is 4.79 Å². The second kappa shape index (κ2) is 4.84. The van der Waals surface area contributed by atoms with Crippen molar-refractivity contribution in [1.29, 1.82) is 0 Å². The predicted molar refractivity (Wildman–Crippen MR) is 53.3 cm³/mol. The van der Waals surface area contributed by atoms with E-state index in [-0.39, 0.29) is 0 Å². The quantitative estimate of drug-likeness (QED) is 0.470. The van der Waals surface area contributed by atoms with Crippen LogP contribution in [-0.4, -0.2) is 12.6 Å². The monoisotopic (exact) mass is 216 g/mol. The fourth-order valence-electron chi connectivity index (χ4n) is 0.743. The Morgan fingerprint density at radius 1 is 1.38 bits per heavy atom. The summed E-state index contributed by atoms with van der Waals surface area (Å²) in [7, 11) is 0. The van der Waals surface area contributed by atoms with E-state index < -0.39 is 0 Å². The molecule has 0 atom stereocenters. The van der Waals surface area contributed by atoms with Gasteiger partial charge in [0.15, 0.2) is 0 Å². The van der Waals surface area contributed by atoms with Crippen LogP contribution in [0.5, 0.6) is 0 Å². The van der Waals surface area contributed by atoms with Gasteiger partial charge in [0.05, 0.1) is 11.2 Å². The number of nitrogens with zero attached hydrogens (tertiary/aromatic N) is 1. The number of hydrazone groups is 1. The lowest BCUT2D eigenvalue weighted by atomic mass is 10.2. The Morgan fingerprint density at radius 2 is 2.15 bits per heavy atom. The van der Waals surface area contributed by atoms with Crippen molar-refractivity contribution in [3.63, 3.8) is 0 Å². The Morgan fingerprint density at radius 3 is 2.77 bits per heavy atom. The third-order valence-electron chi connectivity index (χ3n) is 1.29. The number of carbonyl (C=O) groups is 1. The summed E-state index contributed by atoms with van der Waals surface area (Å²) in [6.07, 6.45) is 1.91. The Kier molecular flexibility index (Phi) is 3.73. The molecule has 0 aromatic heterocycles. The number of amides is 1. The van der Waals surface area contributed by atoms with Crippen molar-refractivity contribution in [1.82, 2.24) is 5.43 Å². The standard InChI is InChI=1S/C8H6Cl2N2O/c9-7-2-1-6(8(10)3-7)4-11-12-5-13/h1-5H,(H,12,13)/b11-4-. The van der Waals surface area contributed by atoms with Crippen LogP contribution in [0.15, 0.2) is 23.3 Å². The third-order valence-corrected chi connectivity index (χ3v) is 1.86. The lowest BCUT2D eigenvalue weighted by molar-refractivity contribution is -0.109. The average Bonchev–Trinajstić information content (AvgIpc) is 2.09. The van der Waals surface area contributed by atoms with Crippen LogP contribution < -0.4 is 5.43 Å². The molecular weight excluding hydrogens is 211 g/mol. The largest absolute Gasteiger partial charge is 0.277 e. The maximum absolute atomic E-state index is 9.86. The zero-order valence-corrected chi connectivity index (χ0v) is 8.01. The lowest BCUT2D eigenvalue weighted by Crippen LogP contribution is -2.00. The molecule has 0 radical (unpaired) electrons. The van der Waals surface area contributed by atoms with Crippen LogP contribution in [0.3, 0.4) is 0 Å². The van der Waals surface area contributed by atoms with Gasteiger partial charge in [0.1, 0.15) is 0 Å². The second-order valence-electron chi connectivity index (χ2n) is 2.17. The van der Waals surface area contributed by atoms with Gasteiger partial charge in [-0.15, -0.1) is 0 Å². The zero-order valence-electron chi connectivity index (χ0n) is 6.50. The molecule has 3 nitrogen and oxygen atoms in total. The van der Waals surface area contributed by atoms with E-state index in [0.717, 1.165) is 0 Å². The van der Waals surface area contributed by atoms with Crippen LogP contribution in [0.1, 0.15) is 5.56 Å². The molecule has 1 aromatic carbocycles. The van der Waals surface area contributed by atoms with Crippen LogP contribution in [0.25, 0.3) is 0 Å². The van der Waals surface area contributed by atoms with Crippen molar-refractivity contribution in [2.24, 2.45) is 5.10 Å². The van der Waals surface area contributed by atoms with E-state index in [1.165, 1.54) is 6.21 Å². The van der Waals surface area contributed by atoms with Crippen LogP contribution >= 0.6 is 23.2 Å². The van der Waals surface area contributed by atoms with Gasteiger partial charge in [0.2, 0.25) is 6.41 Å². The van der Waals surface area contributed by atoms with Crippen molar-refractivity contribution in [3.8, 4) is 0 Å². The number of nitrogens with one attached hydrogen (secondary N) is 1. The van der Waals surface area contributed by atoms with E-state index in [4.69, 9.17) is 23.2 Å². The zero-order chi connectivity index (χ0) is 9.68. The molecule has 1 rings (SSSR count). The van der Waals surface area contributed by atoms with Gasteiger partial charge in [0, 0.05) is 10.6 Å². The minimum Gasteiger partial charge on any atom is -0.277 e. The van der Waals surface area contributed by atoms with Crippen LogP contribution in [0.2, 0.25) is 10.0 Å². The molecule has 0 fully saturated rings. The fourth-order valence-corrected chi connectivity index (χ4v) is 1.20. The highest BCUT2D eigenvalue weighted by molar-refractivity contribution is 6.36. The van der Waals surface area contributed by atoms with Gasteiger partial charge in [-0.3, -0.25) is 4.79 Å². The fraction of sp³-hybridized carbons (Fsp3) is 0. The molecule has 1 amide bonds. The summed E-state index contributed by atoms with van der Waals surface area (Å²) in [4.78, 5) is 9.86. The highest BCUT2D eigenvalue weighted by atomic mass is 35.5. The molecule has 1 aromatic rings. The van der Waals surface area contributed by atoms with E-state index in [1.807, 2.05) is 0 Å². The summed E-state index contributed by atoms with van der Waals surface area (Å²) in [6, 6.07) is 5.00. The summed E-state index contributed by atoms with van der Waals surface area (Å²) in [5, 5.41) is 4.63. The number of rotatable bonds is 3. The molecule has 0 spiro atoms. The minimum absolute atomic E-state index is 0.473. The van der Waals surface area contributed by atoms with Gasteiger partial charge in [0.25, 0.3) is 0 Å². The molecule has 0 saturated carbocycles. The summed E-state index contributed by atoms with van der Waals surface area (Å²) in [5.41, 5.74) is 2.83. The maximum atomic E-state index is 9.86. The van der Waals surface area contributed by atoms with E-state index >= 15 is 0 Å². The molecule has 0 bridgehead atoms. The van der Waals surface area contributed by atoms with Crippen molar-refractivity contribution >= 4 is 35.8 Å². The van der Waals surface area contributed by atoms with Gasteiger partial charge < -0.3 is 0 Å². The SMILES string of the molecule is O=CN/N=C\c1ccc(Cl)cc1Cl.